The molecule has 0 radical (unpaired) electrons. The molecule has 0 bridgehead atoms. The normalized spacial score (nSPS) is 18.4. The number of fused-ring (bicyclic) bond motifs is 2. The Hall–Kier alpha value is -3.81. The van der Waals surface area contributed by atoms with Gasteiger partial charge in [-0.2, -0.15) is 18.3 Å². The Balaban J connectivity index is 1.53. The molecule has 1 aliphatic carbocycles. The summed E-state index contributed by atoms with van der Waals surface area (Å²) in [5.41, 5.74) is 0.288. The van der Waals surface area contributed by atoms with Gasteiger partial charge in [-0.3, -0.25) is 19.7 Å². The van der Waals surface area contributed by atoms with E-state index in [4.69, 9.17) is 11.6 Å². The first-order valence-corrected chi connectivity index (χ1v) is 10.8. The van der Waals surface area contributed by atoms with Gasteiger partial charge in [0.25, 0.3) is 0 Å². The van der Waals surface area contributed by atoms with Crippen LogP contribution >= 0.6 is 11.6 Å². The predicted octanol–water partition coefficient (Wildman–Crippen LogP) is 4.10. The Morgan fingerprint density at radius 1 is 1.28 bits per heavy atom. The Morgan fingerprint density at radius 3 is 2.67 bits per heavy atom. The number of rotatable bonds is 5. The molecule has 0 saturated heterocycles. The number of hydrogen-bond acceptors (Lipinski definition) is 5. The molecule has 9 nitrogen and oxygen atoms in total. The number of nitrogens with one attached hydrogen (secondary N) is 3. The molecule has 15 heteroatoms. The molecule has 2 amide bonds. The molecule has 188 valence electrons. The first-order chi connectivity index (χ1) is 17.0. The van der Waals surface area contributed by atoms with Crippen molar-refractivity contribution in [2.45, 2.75) is 31.7 Å². The smallest absolute Gasteiger partial charge is 0.342 e. The van der Waals surface area contributed by atoms with Crippen LogP contribution in [0.15, 0.2) is 24.8 Å². The summed E-state index contributed by atoms with van der Waals surface area (Å²) in [7, 11) is 0. The molecule has 5 rings (SSSR count). The predicted molar refractivity (Wildman–Crippen MR) is 117 cm³/mol. The van der Waals surface area contributed by atoms with E-state index >= 15 is 4.39 Å². The second-order valence-corrected chi connectivity index (χ2v) is 8.66. The van der Waals surface area contributed by atoms with Crippen molar-refractivity contribution >= 4 is 45.8 Å². The van der Waals surface area contributed by atoms with Crippen LogP contribution in [0.5, 0.6) is 0 Å². The summed E-state index contributed by atoms with van der Waals surface area (Å²) in [4.78, 5) is 31.8. The Labute approximate surface area is 203 Å². The number of halogens is 6. The van der Waals surface area contributed by atoms with Crippen molar-refractivity contribution < 1.29 is 31.5 Å². The third-order valence-corrected chi connectivity index (χ3v) is 6.12. The minimum atomic E-state index is -5.16. The molecular formula is C21H15ClF5N7O2. The van der Waals surface area contributed by atoms with E-state index < -0.39 is 47.0 Å². The summed E-state index contributed by atoms with van der Waals surface area (Å²) in [5, 5.41) is 10.4. The van der Waals surface area contributed by atoms with Crippen LogP contribution in [0, 0.1) is 11.7 Å². The maximum atomic E-state index is 15.4. The number of H-pyrrole nitrogens is 1. The van der Waals surface area contributed by atoms with Crippen LogP contribution in [-0.2, 0) is 9.59 Å². The number of carbonyl (C=O) groups excluding carboxylic acids is 2. The van der Waals surface area contributed by atoms with Gasteiger partial charge in [-0.1, -0.05) is 11.6 Å². The third kappa shape index (κ3) is 4.10. The molecule has 1 fully saturated rings. The Morgan fingerprint density at radius 2 is 2.00 bits per heavy atom. The largest absolute Gasteiger partial charge is 0.471 e. The van der Waals surface area contributed by atoms with Crippen LogP contribution in [0.1, 0.15) is 24.9 Å². The first-order valence-electron chi connectivity index (χ1n) is 10.5. The molecular weight excluding hydrogens is 513 g/mol. The van der Waals surface area contributed by atoms with Crippen molar-refractivity contribution in [3.8, 4) is 11.3 Å². The Kier molecular flexibility index (Phi) is 5.58. The average molecular weight is 528 g/mol. The molecule has 0 unspecified atom stereocenters. The SMILES string of the molecule is C[C@H](NC(=O)C(F)(F)F)c1c(F)c(Cl)c(-c2cn3cc(NC(=O)[C@@H]4C[C@@H]4F)nc3cn2)c2cn[nH]c12. The number of benzene rings is 1. The van der Waals surface area contributed by atoms with Crippen molar-refractivity contribution in [2.75, 3.05) is 5.32 Å². The zero-order valence-electron chi connectivity index (χ0n) is 18.1. The van der Waals surface area contributed by atoms with Crippen molar-refractivity contribution in [1.82, 2.24) is 29.9 Å². The van der Waals surface area contributed by atoms with Crippen molar-refractivity contribution in [2.24, 2.45) is 5.92 Å². The molecule has 3 atom stereocenters. The molecule has 3 N–H and O–H groups in total. The fourth-order valence-electron chi connectivity index (χ4n) is 3.89. The van der Waals surface area contributed by atoms with E-state index in [1.807, 2.05) is 0 Å². The van der Waals surface area contributed by atoms with Gasteiger partial charge in [0.15, 0.2) is 11.5 Å². The monoisotopic (exact) mass is 527 g/mol. The van der Waals surface area contributed by atoms with Gasteiger partial charge in [0.05, 0.1) is 46.8 Å². The highest BCUT2D eigenvalue weighted by molar-refractivity contribution is 6.35. The van der Waals surface area contributed by atoms with Gasteiger partial charge < -0.3 is 15.0 Å². The lowest BCUT2D eigenvalue weighted by Gasteiger charge is -2.19. The van der Waals surface area contributed by atoms with Gasteiger partial charge in [0.2, 0.25) is 5.91 Å². The van der Waals surface area contributed by atoms with Gasteiger partial charge in [-0.25, -0.2) is 13.8 Å². The highest BCUT2D eigenvalue weighted by atomic mass is 35.5. The van der Waals surface area contributed by atoms with E-state index in [1.54, 1.807) is 5.32 Å². The fourth-order valence-corrected chi connectivity index (χ4v) is 4.19. The zero-order chi connectivity index (χ0) is 25.9. The van der Waals surface area contributed by atoms with Gasteiger partial charge >= 0.3 is 12.1 Å². The summed E-state index contributed by atoms with van der Waals surface area (Å²) in [5.74, 6) is -4.34. The number of anilines is 1. The molecule has 1 saturated carbocycles. The molecule has 0 aliphatic heterocycles. The van der Waals surface area contributed by atoms with Crippen LogP contribution in [0.4, 0.5) is 27.8 Å². The van der Waals surface area contributed by atoms with Gasteiger partial charge in [0, 0.05) is 22.7 Å². The fraction of sp³-hybridized carbons (Fsp3) is 0.286. The first kappa shape index (κ1) is 23.9. The number of nitrogens with zero attached hydrogens (tertiary/aromatic N) is 4. The number of aromatic amines is 1. The molecule has 3 aromatic heterocycles. The minimum Gasteiger partial charge on any atom is -0.342 e. The number of alkyl halides is 4. The zero-order valence-corrected chi connectivity index (χ0v) is 18.9. The van der Waals surface area contributed by atoms with Crippen LogP contribution in [0.25, 0.3) is 27.8 Å². The summed E-state index contributed by atoms with van der Waals surface area (Å²) in [6.07, 6.45) is -0.632. The molecule has 1 aromatic carbocycles. The highest BCUT2D eigenvalue weighted by Crippen LogP contribution is 2.40. The van der Waals surface area contributed by atoms with E-state index in [-0.39, 0.29) is 40.0 Å². The third-order valence-electron chi connectivity index (χ3n) is 5.76. The topological polar surface area (TPSA) is 117 Å². The van der Waals surface area contributed by atoms with Crippen molar-refractivity contribution in [1.29, 1.82) is 0 Å². The van der Waals surface area contributed by atoms with Crippen molar-refractivity contribution in [3.05, 3.63) is 41.2 Å². The maximum Gasteiger partial charge on any atom is 0.471 e. The van der Waals surface area contributed by atoms with Crippen LogP contribution in [0.2, 0.25) is 5.02 Å². The number of imidazole rings is 1. The molecule has 1 aliphatic rings. The van der Waals surface area contributed by atoms with Gasteiger partial charge in [-0.05, 0) is 13.3 Å². The minimum absolute atomic E-state index is 0.0209. The highest BCUT2D eigenvalue weighted by Gasteiger charge is 2.44. The van der Waals surface area contributed by atoms with Gasteiger partial charge in [0.1, 0.15) is 12.0 Å². The quantitative estimate of drug-likeness (QED) is 0.338. The second-order valence-electron chi connectivity index (χ2n) is 8.28. The maximum absolute atomic E-state index is 15.4. The summed E-state index contributed by atoms with van der Waals surface area (Å²) < 4.78 is 68.1. The number of carbonyl (C=O) groups is 2. The molecule has 3 heterocycles. The van der Waals surface area contributed by atoms with Crippen molar-refractivity contribution in [3.63, 3.8) is 0 Å². The summed E-state index contributed by atoms with van der Waals surface area (Å²) in [6.45, 7) is 1.18. The molecule has 0 spiro atoms. The van der Waals surface area contributed by atoms with Crippen LogP contribution in [-0.4, -0.2) is 48.7 Å². The number of amides is 2. The van der Waals surface area contributed by atoms with Crippen LogP contribution in [0.3, 0.4) is 0 Å². The van der Waals surface area contributed by atoms with E-state index in [9.17, 15) is 27.2 Å². The lowest BCUT2D eigenvalue weighted by molar-refractivity contribution is -0.174. The summed E-state index contributed by atoms with van der Waals surface area (Å²) >= 11 is 6.31. The number of aromatic nitrogens is 5. The standard InChI is InChI=1S/C21H15ClF5N7O2/c1-7(30-20(36)21(25,26)27)14-17(24)16(22)15(9-3-29-33-18(9)14)11-5-34-6-12(31-13(34)4-28-11)32-19(35)8-2-10(8)23/h3-8,10H,2H2,1H3,(H,29,33)(H,30,36)(H,32,35)/t7-,8+,10-/m0/s1. The van der Waals surface area contributed by atoms with E-state index in [2.05, 4.69) is 25.5 Å². The van der Waals surface area contributed by atoms with Gasteiger partial charge in [-0.15, -0.1) is 0 Å². The molecule has 4 aromatic rings. The van der Waals surface area contributed by atoms with E-state index in [0.29, 0.717) is 5.65 Å². The Bertz CT molecular complexity index is 1530. The van der Waals surface area contributed by atoms with E-state index in [0.717, 1.165) is 0 Å². The summed E-state index contributed by atoms with van der Waals surface area (Å²) in [6, 6.07) is -1.40. The molecule has 36 heavy (non-hydrogen) atoms. The van der Waals surface area contributed by atoms with E-state index in [1.165, 1.54) is 36.1 Å². The lowest BCUT2D eigenvalue weighted by Crippen LogP contribution is -2.38. The van der Waals surface area contributed by atoms with Crippen LogP contribution < -0.4 is 10.6 Å². The second kappa shape index (κ2) is 8.40. The average Bonchev–Trinajstić information content (AvgIpc) is 3.16. The lowest BCUT2D eigenvalue weighted by atomic mass is 9.98. The number of hydrogen-bond donors (Lipinski definition) is 3.